The first-order valence-electron chi connectivity index (χ1n) is 10.4. The Morgan fingerprint density at radius 2 is 1.61 bits per heavy atom. The van der Waals surface area contributed by atoms with Gasteiger partial charge in [-0.2, -0.15) is 5.10 Å². The first-order chi connectivity index (χ1) is 15.4. The van der Waals surface area contributed by atoms with E-state index in [-0.39, 0.29) is 11.5 Å². The molecule has 2 aromatic carbocycles. The van der Waals surface area contributed by atoms with Gasteiger partial charge in [0.2, 0.25) is 0 Å². The van der Waals surface area contributed by atoms with Gasteiger partial charge >= 0.3 is 19.1 Å². The zero-order chi connectivity index (χ0) is 24.1. The minimum absolute atomic E-state index is 0.155. The van der Waals surface area contributed by atoms with Crippen molar-refractivity contribution in [3.05, 3.63) is 41.6 Å². The average Bonchev–Trinajstić information content (AvgIpc) is 3.13. The maximum atomic E-state index is 11.7. The molecule has 1 fully saturated rings. The lowest BCUT2D eigenvalue weighted by molar-refractivity contribution is -0.132. The molecule has 1 aliphatic rings. The van der Waals surface area contributed by atoms with Crippen molar-refractivity contribution in [3.63, 3.8) is 0 Å². The monoisotopic (exact) mass is 470 g/mol. The number of carbonyl (C=O) groups is 2. The first-order valence-corrected chi connectivity index (χ1v) is 10.8. The number of ether oxygens (including phenoxy) is 2. The van der Waals surface area contributed by atoms with Crippen molar-refractivity contribution in [2.45, 2.75) is 52.7 Å². The van der Waals surface area contributed by atoms with Gasteiger partial charge in [0.25, 0.3) is 0 Å². The fraction of sp³-hybridized carbons (Fsp3) is 0.348. The van der Waals surface area contributed by atoms with Gasteiger partial charge in [-0.15, -0.1) is 0 Å². The summed E-state index contributed by atoms with van der Waals surface area (Å²) in [5, 5.41) is 5.57. The smallest absolute Gasteiger partial charge is 0.427 e. The molecule has 1 saturated heterocycles. The summed E-state index contributed by atoms with van der Waals surface area (Å²) in [5.74, 6) is -0.637. The van der Waals surface area contributed by atoms with Crippen molar-refractivity contribution in [2.24, 2.45) is 0 Å². The first kappa shape index (κ1) is 23.3. The van der Waals surface area contributed by atoms with Crippen LogP contribution in [0.4, 0.5) is 0 Å². The van der Waals surface area contributed by atoms with Gasteiger partial charge in [0.15, 0.2) is 5.75 Å². The third-order valence-corrected chi connectivity index (χ3v) is 6.20. The van der Waals surface area contributed by atoms with Crippen LogP contribution in [0.2, 0.25) is 5.15 Å². The van der Waals surface area contributed by atoms with E-state index >= 15 is 0 Å². The molecule has 1 aliphatic heterocycles. The molecule has 0 amide bonds. The summed E-state index contributed by atoms with van der Waals surface area (Å²) in [5.41, 5.74) is 0.928. The molecule has 0 radical (unpaired) electrons. The van der Waals surface area contributed by atoms with Gasteiger partial charge in [-0.25, -0.2) is 4.68 Å². The highest BCUT2D eigenvalue weighted by Gasteiger charge is 2.51. The number of hydrogen-bond donors (Lipinski definition) is 0. The third-order valence-electron chi connectivity index (χ3n) is 5.84. The normalized spacial score (nSPS) is 16.8. The summed E-state index contributed by atoms with van der Waals surface area (Å²) in [4.78, 5) is 23.0. The molecule has 2 heterocycles. The van der Waals surface area contributed by atoms with Crippen LogP contribution < -0.4 is 14.9 Å². The van der Waals surface area contributed by atoms with E-state index in [1.807, 2.05) is 45.9 Å². The highest BCUT2D eigenvalue weighted by molar-refractivity contribution is 6.62. The quantitative estimate of drug-likeness (QED) is 0.325. The van der Waals surface area contributed by atoms with E-state index in [2.05, 4.69) is 5.10 Å². The molecule has 3 aromatic rings. The summed E-state index contributed by atoms with van der Waals surface area (Å²) in [7, 11) is -0.543. The van der Waals surface area contributed by atoms with Crippen molar-refractivity contribution in [1.29, 1.82) is 0 Å². The van der Waals surface area contributed by atoms with Gasteiger partial charge in [-0.1, -0.05) is 17.7 Å². The number of hydrogen-bond acceptors (Lipinski definition) is 7. The summed E-state index contributed by atoms with van der Waals surface area (Å²) in [6, 6.07) is 10.2. The molecule has 0 bridgehead atoms. The van der Waals surface area contributed by atoms with Gasteiger partial charge in [0, 0.05) is 25.3 Å². The standard InChI is InChI=1S/C23H24BClN2O6/c1-13(28)30-16-8-10-19(20(12-16)31-14(2)29)27-21(25)17-11-15(7-9-18(17)26-27)24-32-22(3,4)23(5,6)33-24/h7-12H,1-6H3. The lowest BCUT2D eigenvalue weighted by Crippen LogP contribution is -2.41. The van der Waals surface area contributed by atoms with Gasteiger partial charge < -0.3 is 18.8 Å². The largest absolute Gasteiger partial charge is 0.494 e. The highest BCUT2D eigenvalue weighted by Crippen LogP contribution is 2.37. The molecule has 0 N–H and O–H groups in total. The van der Waals surface area contributed by atoms with E-state index in [4.69, 9.17) is 30.4 Å². The van der Waals surface area contributed by atoms with Crippen molar-refractivity contribution in [2.75, 3.05) is 0 Å². The van der Waals surface area contributed by atoms with Crippen molar-refractivity contribution >= 4 is 47.0 Å². The number of esters is 2. The second kappa shape index (κ2) is 8.16. The van der Waals surface area contributed by atoms with E-state index in [0.717, 1.165) is 5.46 Å². The summed E-state index contributed by atoms with van der Waals surface area (Å²) in [6.07, 6.45) is 0. The minimum Gasteiger partial charge on any atom is -0.427 e. The Bertz CT molecular complexity index is 1250. The highest BCUT2D eigenvalue weighted by atomic mass is 35.5. The van der Waals surface area contributed by atoms with Crippen molar-refractivity contribution in [1.82, 2.24) is 9.78 Å². The Morgan fingerprint density at radius 3 is 2.21 bits per heavy atom. The molecule has 0 saturated carbocycles. The molecule has 0 atom stereocenters. The number of aromatic nitrogens is 2. The average molecular weight is 471 g/mol. The maximum absolute atomic E-state index is 11.7. The number of halogens is 1. The van der Waals surface area contributed by atoms with Gasteiger partial charge in [-0.3, -0.25) is 9.59 Å². The molecule has 0 spiro atoms. The van der Waals surface area contributed by atoms with Crippen molar-refractivity contribution in [3.8, 4) is 17.2 Å². The van der Waals surface area contributed by atoms with E-state index in [1.165, 1.54) is 24.6 Å². The predicted octanol–water partition coefficient (Wildman–Crippen LogP) is 3.83. The molecule has 4 rings (SSSR count). The third kappa shape index (κ3) is 4.36. The lowest BCUT2D eigenvalue weighted by atomic mass is 9.79. The van der Waals surface area contributed by atoms with E-state index in [1.54, 1.807) is 12.1 Å². The Balaban J connectivity index is 1.76. The van der Waals surface area contributed by atoms with Crippen LogP contribution in [0, 0.1) is 0 Å². The van der Waals surface area contributed by atoms with Crippen LogP contribution in [-0.2, 0) is 18.9 Å². The van der Waals surface area contributed by atoms with Crippen LogP contribution in [0.15, 0.2) is 36.4 Å². The lowest BCUT2D eigenvalue weighted by Gasteiger charge is -2.32. The van der Waals surface area contributed by atoms with E-state index in [0.29, 0.717) is 21.7 Å². The van der Waals surface area contributed by atoms with E-state index < -0.39 is 30.3 Å². The number of carbonyl (C=O) groups excluding carboxylic acids is 2. The number of fused-ring (bicyclic) bond motifs is 1. The molecule has 172 valence electrons. The fourth-order valence-electron chi connectivity index (χ4n) is 3.49. The Morgan fingerprint density at radius 1 is 0.970 bits per heavy atom. The van der Waals surface area contributed by atoms with Crippen LogP contribution in [0.5, 0.6) is 11.5 Å². The number of rotatable bonds is 4. The SMILES string of the molecule is CC(=O)Oc1ccc(-n2nc3ccc(B4OC(C)(C)C(C)(C)O4)cc3c2Cl)c(OC(C)=O)c1. The van der Waals surface area contributed by atoms with Crippen LogP contribution in [0.25, 0.3) is 16.6 Å². The molecule has 10 heteroatoms. The molecular weight excluding hydrogens is 447 g/mol. The molecule has 0 aliphatic carbocycles. The molecule has 8 nitrogen and oxygen atoms in total. The molecule has 33 heavy (non-hydrogen) atoms. The zero-order valence-corrected chi connectivity index (χ0v) is 20.0. The van der Waals surface area contributed by atoms with Gasteiger partial charge in [0.1, 0.15) is 16.6 Å². The van der Waals surface area contributed by atoms with Crippen LogP contribution in [-0.4, -0.2) is 40.0 Å². The Labute approximate surface area is 196 Å². The zero-order valence-electron chi connectivity index (χ0n) is 19.3. The van der Waals surface area contributed by atoms with Gasteiger partial charge in [0.05, 0.1) is 16.7 Å². The summed E-state index contributed by atoms with van der Waals surface area (Å²) < 4.78 is 24.2. The van der Waals surface area contributed by atoms with E-state index in [9.17, 15) is 9.59 Å². The van der Waals surface area contributed by atoms with Crippen LogP contribution in [0.3, 0.4) is 0 Å². The van der Waals surface area contributed by atoms with Crippen molar-refractivity contribution < 1.29 is 28.4 Å². The Kier molecular flexibility index (Phi) is 5.76. The predicted molar refractivity (Wildman–Crippen MR) is 124 cm³/mol. The number of benzene rings is 2. The molecule has 1 aromatic heterocycles. The summed E-state index contributed by atoms with van der Waals surface area (Å²) in [6.45, 7) is 10.5. The topological polar surface area (TPSA) is 88.9 Å². The summed E-state index contributed by atoms with van der Waals surface area (Å²) >= 11 is 6.71. The second-order valence-electron chi connectivity index (χ2n) is 8.88. The maximum Gasteiger partial charge on any atom is 0.494 e. The molecular formula is C23H24BClN2O6. The fourth-order valence-corrected chi connectivity index (χ4v) is 3.77. The Hall–Kier alpha value is -2.88. The minimum atomic E-state index is -0.543. The number of nitrogens with zero attached hydrogens (tertiary/aromatic N) is 2. The van der Waals surface area contributed by atoms with Gasteiger partial charge in [-0.05, 0) is 57.4 Å². The van der Waals surface area contributed by atoms with Crippen LogP contribution >= 0.6 is 11.6 Å². The second-order valence-corrected chi connectivity index (χ2v) is 9.24. The molecule has 0 unspecified atom stereocenters. The van der Waals surface area contributed by atoms with Crippen LogP contribution in [0.1, 0.15) is 41.5 Å².